The lowest BCUT2D eigenvalue weighted by Gasteiger charge is -2.33. The van der Waals surface area contributed by atoms with E-state index >= 15 is 0 Å². The maximum atomic E-state index is 14.0. The van der Waals surface area contributed by atoms with E-state index in [1.165, 1.54) is 18.2 Å². The number of fused-ring (bicyclic) bond motifs is 1. The van der Waals surface area contributed by atoms with Gasteiger partial charge in [0.2, 0.25) is 11.8 Å². The van der Waals surface area contributed by atoms with Crippen molar-refractivity contribution < 1.29 is 62.7 Å². The van der Waals surface area contributed by atoms with Gasteiger partial charge in [-0.05, 0) is 67.0 Å². The van der Waals surface area contributed by atoms with Crippen molar-refractivity contribution in [1.29, 1.82) is 0 Å². The number of hydrogen-bond donors (Lipinski definition) is 7. The summed E-state index contributed by atoms with van der Waals surface area (Å²) in [5.74, 6) is -8.45. The molecule has 50 heavy (non-hydrogen) atoms. The number of carbonyl (C=O) groups excluding carboxylic acids is 3. The molecular weight excluding hydrogens is 664 g/mol. The summed E-state index contributed by atoms with van der Waals surface area (Å²) in [6, 6.07) is 3.66. The number of carboxylic acid groups (broad SMARTS) is 2. The van der Waals surface area contributed by atoms with Crippen molar-refractivity contribution >= 4 is 29.7 Å². The third-order valence-electron chi connectivity index (χ3n) is 8.71. The maximum Gasteiger partial charge on any atom is 0.306 e. The van der Waals surface area contributed by atoms with Crippen LogP contribution in [-0.2, 0) is 30.4 Å². The molecule has 0 aromatic heterocycles. The Morgan fingerprint density at radius 3 is 2.00 bits per heavy atom. The van der Waals surface area contributed by atoms with Gasteiger partial charge < -0.3 is 45.9 Å². The number of rotatable bonds is 14. The van der Waals surface area contributed by atoms with E-state index < -0.39 is 95.8 Å². The Hall–Kier alpha value is -4.83. The molecule has 14 nitrogen and oxygen atoms in total. The molecule has 1 fully saturated rings. The number of benzene rings is 2. The van der Waals surface area contributed by atoms with Gasteiger partial charge in [0.05, 0.1) is 30.4 Å². The average Bonchev–Trinajstić information content (AvgIpc) is 3.05. The molecule has 0 spiro atoms. The first-order valence-electron chi connectivity index (χ1n) is 16.2. The minimum absolute atomic E-state index is 0.00247. The lowest BCUT2D eigenvalue weighted by Crippen LogP contribution is -2.55. The first-order chi connectivity index (χ1) is 23.6. The molecule has 3 amide bonds. The zero-order valence-corrected chi connectivity index (χ0v) is 27.4. The van der Waals surface area contributed by atoms with Crippen LogP contribution in [0.3, 0.4) is 0 Å². The Morgan fingerprint density at radius 1 is 0.820 bits per heavy atom. The van der Waals surface area contributed by atoms with Gasteiger partial charge in [-0.15, -0.1) is 0 Å². The monoisotopic (exact) mass is 705 g/mol. The van der Waals surface area contributed by atoms with Crippen molar-refractivity contribution in [1.82, 2.24) is 16.0 Å². The fraction of sp³-hybridized carbons (Fsp3) is 0.500. The van der Waals surface area contributed by atoms with Crippen LogP contribution in [-0.4, -0.2) is 87.5 Å². The number of aliphatic hydroxyl groups excluding tert-OH is 2. The standard InChI is InChI=1S/C34H41F2N3O11/c1-16(2)29(31(43)37-23-11-19(33(45)46)10-20(12-23)34(47)48)39-28(41)15-25(40)24(9-17-7-21(35)14-22(36)8-17)38-32(44)30(42)18-3-4-26-27(13-18)50-6-5-49-26/h3-4,7-8,13-14,16,19-20,23-25,29-30,40,42H,5-6,9-12,15H2,1-2H3,(H,37,43)(H,38,44)(H,39,41)(H,45,46)(H,47,48)/t19?,20?,23?,24-,25+,29-,30?/m0/s1. The first-order valence-corrected chi connectivity index (χ1v) is 16.2. The molecule has 4 rings (SSSR count). The minimum Gasteiger partial charge on any atom is -0.486 e. The topological polar surface area (TPSA) is 221 Å². The van der Waals surface area contributed by atoms with Gasteiger partial charge in [0.25, 0.3) is 5.91 Å². The van der Waals surface area contributed by atoms with Crippen molar-refractivity contribution in [3.63, 3.8) is 0 Å². The molecule has 6 atom stereocenters. The Bertz CT molecular complexity index is 1550. The van der Waals surface area contributed by atoms with E-state index in [2.05, 4.69) is 16.0 Å². The van der Waals surface area contributed by atoms with Crippen molar-refractivity contribution in [3.05, 3.63) is 59.2 Å². The van der Waals surface area contributed by atoms with Crippen LogP contribution in [0.2, 0.25) is 0 Å². The van der Waals surface area contributed by atoms with Gasteiger partial charge in [-0.3, -0.25) is 24.0 Å². The summed E-state index contributed by atoms with van der Waals surface area (Å²) in [7, 11) is 0. The smallest absolute Gasteiger partial charge is 0.306 e. The second-order valence-electron chi connectivity index (χ2n) is 12.9. The van der Waals surface area contributed by atoms with Crippen LogP contribution in [0.4, 0.5) is 8.78 Å². The van der Waals surface area contributed by atoms with Crippen LogP contribution >= 0.6 is 0 Å². The summed E-state index contributed by atoms with van der Waals surface area (Å²) in [5.41, 5.74) is 0.162. The molecule has 1 heterocycles. The number of carboxylic acids is 2. The van der Waals surface area contributed by atoms with Crippen molar-refractivity contribution in [2.75, 3.05) is 13.2 Å². The summed E-state index contributed by atoms with van der Waals surface area (Å²) in [6.45, 7) is 3.84. The van der Waals surface area contributed by atoms with Crippen molar-refractivity contribution in [2.45, 2.75) is 76.3 Å². The van der Waals surface area contributed by atoms with Gasteiger partial charge >= 0.3 is 11.9 Å². The number of amides is 3. The Labute approximate surface area is 286 Å². The Morgan fingerprint density at radius 2 is 1.42 bits per heavy atom. The van der Waals surface area contributed by atoms with E-state index in [1.807, 2.05) is 0 Å². The zero-order chi connectivity index (χ0) is 36.7. The molecule has 0 bridgehead atoms. The fourth-order valence-electron chi connectivity index (χ4n) is 6.14. The van der Waals surface area contributed by atoms with Crippen LogP contribution in [0, 0.1) is 29.4 Å². The lowest BCUT2D eigenvalue weighted by molar-refractivity contribution is -0.149. The SMILES string of the molecule is CC(C)[C@H](NC(=O)C[C@@H](O)[C@H](Cc1cc(F)cc(F)c1)NC(=O)C(O)c1ccc2c(c1)OCCO2)C(=O)NC1CC(C(=O)O)CC(C(=O)O)C1. The Balaban J connectivity index is 1.46. The van der Waals surface area contributed by atoms with Gasteiger partial charge in [-0.25, -0.2) is 8.78 Å². The Kier molecular flexibility index (Phi) is 12.7. The molecule has 272 valence electrons. The van der Waals surface area contributed by atoms with E-state index in [0.29, 0.717) is 24.2 Å². The quantitative estimate of drug-likeness (QED) is 0.149. The van der Waals surface area contributed by atoms with Gasteiger partial charge in [-0.1, -0.05) is 19.9 Å². The second-order valence-corrected chi connectivity index (χ2v) is 12.9. The number of aliphatic hydroxyl groups is 2. The summed E-state index contributed by atoms with van der Waals surface area (Å²) in [5, 5.41) is 48.6. The average molecular weight is 706 g/mol. The number of carbonyl (C=O) groups is 5. The van der Waals surface area contributed by atoms with E-state index in [0.717, 1.165) is 12.1 Å². The molecule has 1 saturated carbocycles. The number of aliphatic carboxylic acids is 2. The highest BCUT2D eigenvalue weighted by Crippen LogP contribution is 2.33. The third kappa shape index (κ3) is 10.1. The molecular formula is C34H41F2N3O11. The van der Waals surface area contributed by atoms with Gasteiger partial charge in [-0.2, -0.15) is 0 Å². The number of ether oxygens (including phenoxy) is 2. The van der Waals surface area contributed by atoms with E-state index in [-0.39, 0.29) is 43.4 Å². The second kappa shape index (κ2) is 16.7. The molecule has 16 heteroatoms. The molecule has 0 radical (unpaired) electrons. The van der Waals surface area contributed by atoms with Crippen LogP contribution in [0.5, 0.6) is 11.5 Å². The first kappa shape index (κ1) is 38.0. The van der Waals surface area contributed by atoms with Crippen LogP contribution in [0.15, 0.2) is 36.4 Å². The molecule has 1 aliphatic heterocycles. The zero-order valence-electron chi connectivity index (χ0n) is 27.4. The van der Waals surface area contributed by atoms with E-state index in [1.54, 1.807) is 13.8 Å². The molecule has 7 N–H and O–H groups in total. The van der Waals surface area contributed by atoms with Crippen LogP contribution in [0.25, 0.3) is 0 Å². The summed E-state index contributed by atoms with van der Waals surface area (Å²) < 4.78 is 39.0. The summed E-state index contributed by atoms with van der Waals surface area (Å²) in [4.78, 5) is 62.8. The van der Waals surface area contributed by atoms with Crippen LogP contribution < -0.4 is 25.4 Å². The molecule has 2 aliphatic rings. The van der Waals surface area contributed by atoms with Crippen molar-refractivity contribution in [2.24, 2.45) is 17.8 Å². The van der Waals surface area contributed by atoms with E-state index in [4.69, 9.17) is 9.47 Å². The highest BCUT2D eigenvalue weighted by Gasteiger charge is 2.38. The molecule has 0 saturated heterocycles. The predicted octanol–water partition coefficient (Wildman–Crippen LogP) is 1.46. The molecule has 3 unspecified atom stereocenters. The predicted molar refractivity (Wildman–Crippen MR) is 170 cm³/mol. The van der Waals surface area contributed by atoms with Gasteiger partial charge in [0, 0.05) is 12.1 Å². The largest absolute Gasteiger partial charge is 0.486 e. The highest BCUT2D eigenvalue weighted by atomic mass is 19.1. The normalized spacial score (nSPS) is 20.9. The fourth-order valence-corrected chi connectivity index (χ4v) is 6.14. The lowest BCUT2D eigenvalue weighted by atomic mass is 9.78. The van der Waals surface area contributed by atoms with Gasteiger partial charge in [0.1, 0.15) is 30.9 Å². The number of hydrogen-bond acceptors (Lipinski definition) is 9. The van der Waals surface area contributed by atoms with Gasteiger partial charge in [0.15, 0.2) is 17.6 Å². The number of nitrogens with one attached hydrogen (secondary N) is 3. The highest BCUT2D eigenvalue weighted by molar-refractivity contribution is 5.88. The summed E-state index contributed by atoms with van der Waals surface area (Å²) >= 11 is 0. The van der Waals surface area contributed by atoms with Crippen LogP contribution in [0.1, 0.15) is 56.8 Å². The maximum absolute atomic E-state index is 14.0. The third-order valence-corrected chi connectivity index (χ3v) is 8.71. The molecule has 2 aromatic rings. The molecule has 1 aliphatic carbocycles. The number of halogens is 2. The molecule has 2 aromatic carbocycles. The summed E-state index contributed by atoms with van der Waals surface area (Å²) in [6.07, 6.45) is -4.56. The van der Waals surface area contributed by atoms with E-state index in [9.17, 15) is 53.2 Å². The van der Waals surface area contributed by atoms with Crippen molar-refractivity contribution in [3.8, 4) is 11.5 Å². The minimum atomic E-state index is -1.77.